The van der Waals surface area contributed by atoms with E-state index in [4.69, 9.17) is 0 Å². The second-order valence-corrected chi connectivity index (χ2v) is 6.13. The number of amides is 1. The van der Waals surface area contributed by atoms with Crippen LogP contribution < -0.4 is 10.6 Å². The van der Waals surface area contributed by atoms with Crippen LogP contribution in [0.2, 0.25) is 0 Å². The fourth-order valence-electron chi connectivity index (χ4n) is 2.76. The van der Waals surface area contributed by atoms with Crippen molar-refractivity contribution >= 4 is 23.0 Å². The number of benzene rings is 2. The SMILES string of the molecule is CCc1cccc(C)c1NC(=O)c1cncc(Nc2ccc(F)c(F)c2)c1. The summed E-state index contributed by atoms with van der Waals surface area (Å²) in [6.45, 7) is 3.96. The smallest absolute Gasteiger partial charge is 0.257 e. The van der Waals surface area contributed by atoms with Crippen LogP contribution in [-0.2, 0) is 6.42 Å². The molecule has 0 aliphatic rings. The predicted octanol–water partition coefficient (Wildman–Crippen LogP) is 5.23. The number of halogens is 2. The molecule has 0 bridgehead atoms. The first kappa shape index (κ1) is 18.5. The van der Waals surface area contributed by atoms with E-state index >= 15 is 0 Å². The summed E-state index contributed by atoms with van der Waals surface area (Å²) >= 11 is 0. The number of anilines is 3. The topological polar surface area (TPSA) is 54.0 Å². The number of hydrogen-bond acceptors (Lipinski definition) is 3. The zero-order valence-electron chi connectivity index (χ0n) is 15.0. The Morgan fingerprint density at radius 2 is 1.85 bits per heavy atom. The number of carbonyl (C=O) groups is 1. The Kier molecular flexibility index (Phi) is 5.45. The van der Waals surface area contributed by atoms with Crippen LogP contribution in [0.1, 0.15) is 28.4 Å². The number of para-hydroxylation sites is 1. The lowest BCUT2D eigenvalue weighted by Gasteiger charge is -2.13. The van der Waals surface area contributed by atoms with Crippen LogP contribution in [0.5, 0.6) is 0 Å². The number of carbonyl (C=O) groups excluding carboxylic acids is 1. The molecule has 138 valence electrons. The normalized spacial score (nSPS) is 10.5. The number of aryl methyl sites for hydroxylation is 2. The molecule has 0 radical (unpaired) electrons. The molecule has 0 aliphatic carbocycles. The summed E-state index contributed by atoms with van der Waals surface area (Å²) < 4.78 is 26.4. The highest BCUT2D eigenvalue weighted by Crippen LogP contribution is 2.23. The first-order valence-corrected chi connectivity index (χ1v) is 8.55. The van der Waals surface area contributed by atoms with Crippen molar-refractivity contribution in [1.29, 1.82) is 0 Å². The molecule has 0 saturated carbocycles. The molecule has 27 heavy (non-hydrogen) atoms. The van der Waals surface area contributed by atoms with Gasteiger partial charge >= 0.3 is 0 Å². The fourth-order valence-corrected chi connectivity index (χ4v) is 2.76. The van der Waals surface area contributed by atoms with Crippen molar-refractivity contribution < 1.29 is 13.6 Å². The third kappa shape index (κ3) is 4.28. The second kappa shape index (κ2) is 7.95. The molecular weight excluding hydrogens is 348 g/mol. The van der Waals surface area contributed by atoms with E-state index in [-0.39, 0.29) is 5.91 Å². The Morgan fingerprint density at radius 1 is 1.04 bits per heavy atom. The van der Waals surface area contributed by atoms with Crippen molar-refractivity contribution in [2.75, 3.05) is 10.6 Å². The summed E-state index contributed by atoms with van der Waals surface area (Å²) in [4.78, 5) is 16.7. The van der Waals surface area contributed by atoms with E-state index in [9.17, 15) is 13.6 Å². The van der Waals surface area contributed by atoms with Gasteiger partial charge in [0.15, 0.2) is 11.6 Å². The maximum absolute atomic E-state index is 13.3. The van der Waals surface area contributed by atoms with Crippen molar-refractivity contribution in [1.82, 2.24) is 4.98 Å². The van der Waals surface area contributed by atoms with Gasteiger partial charge in [0.1, 0.15) is 0 Å². The number of nitrogens with zero attached hydrogens (tertiary/aromatic N) is 1. The maximum atomic E-state index is 13.3. The lowest BCUT2D eigenvalue weighted by Crippen LogP contribution is -2.14. The molecule has 1 heterocycles. The quantitative estimate of drug-likeness (QED) is 0.649. The van der Waals surface area contributed by atoms with Crippen molar-refractivity contribution in [2.24, 2.45) is 0 Å². The minimum atomic E-state index is -0.950. The largest absolute Gasteiger partial charge is 0.354 e. The zero-order valence-corrected chi connectivity index (χ0v) is 15.0. The van der Waals surface area contributed by atoms with Gasteiger partial charge in [0.25, 0.3) is 5.91 Å². The number of hydrogen-bond donors (Lipinski definition) is 2. The molecule has 0 unspecified atom stereocenters. The summed E-state index contributed by atoms with van der Waals surface area (Å²) in [5.41, 5.74) is 4.03. The van der Waals surface area contributed by atoms with E-state index in [2.05, 4.69) is 15.6 Å². The van der Waals surface area contributed by atoms with Gasteiger partial charge < -0.3 is 10.6 Å². The van der Waals surface area contributed by atoms with Gasteiger partial charge in [0.2, 0.25) is 0 Å². The lowest BCUT2D eigenvalue weighted by atomic mass is 10.1. The molecule has 0 saturated heterocycles. The summed E-state index contributed by atoms with van der Waals surface area (Å²) in [7, 11) is 0. The van der Waals surface area contributed by atoms with E-state index in [0.717, 1.165) is 35.4 Å². The molecule has 3 aromatic rings. The molecule has 1 amide bonds. The van der Waals surface area contributed by atoms with E-state index in [1.54, 1.807) is 6.07 Å². The van der Waals surface area contributed by atoms with Crippen LogP contribution in [0.25, 0.3) is 0 Å². The number of nitrogens with one attached hydrogen (secondary N) is 2. The zero-order chi connectivity index (χ0) is 19.4. The molecule has 0 spiro atoms. The first-order valence-electron chi connectivity index (χ1n) is 8.55. The van der Waals surface area contributed by atoms with Gasteiger partial charge in [-0.2, -0.15) is 0 Å². The Hall–Kier alpha value is -3.28. The van der Waals surface area contributed by atoms with Gasteiger partial charge in [-0.15, -0.1) is 0 Å². The molecule has 4 nitrogen and oxygen atoms in total. The maximum Gasteiger partial charge on any atom is 0.257 e. The fraction of sp³-hybridized carbons (Fsp3) is 0.143. The van der Waals surface area contributed by atoms with Crippen molar-refractivity contribution in [3.05, 3.63) is 83.2 Å². The molecule has 2 N–H and O–H groups in total. The molecule has 0 atom stereocenters. The van der Waals surface area contributed by atoms with Gasteiger partial charge in [-0.25, -0.2) is 8.78 Å². The highest BCUT2D eigenvalue weighted by molar-refractivity contribution is 6.05. The number of rotatable bonds is 5. The van der Waals surface area contributed by atoms with E-state index < -0.39 is 11.6 Å². The van der Waals surface area contributed by atoms with Crippen LogP contribution in [0.3, 0.4) is 0 Å². The summed E-state index contributed by atoms with van der Waals surface area (Å²) in [5.74, 6) is -2.16. The average molecular weight is 367 g/mol. The van der Waals surface area contributed by atoms with E-state index in [1.165, 1.54) is 18.5 Å². The van der Waals surface area contributed by atoms with Crippen LogP contribution in [-0.4, -0.2) is 10.9 Å². The summed E-state index contributed by atoms with van der Waals surface area (Å²) in [5, 5.41) is 5.85. The Balaban J connectivity index is 1.81. The number of pyridine rings is 1. The molecule has 6 heteroatoms. The van der Waals surface area contributed by atoms with Crippen molar-refractivity contribution in [2.45, 2.75) is 20.3 Å². The number of aromatic nitrogens is 1. The standard InChI is InChI=1S/C21H19F2N3O/c1-3-14-6-4-5-13(2)20(14)26-21(27)15-9-17(12-24-11-15)25-16-7-8-18(22)19(23)10-16/h4-12,25H,3H2,1-2H3,(H,26,27). The van der Waals surface area contributed by atoms with Crippen LogP contribution >= 0.6 is 0 Å². The van der Waals surface area contributed by atoms with Crippen LogP contribution in [0.15, 0.2) is 54.9 Å². The van der Waals surface area contributed by atoms with Crippen LogP contribution in [0.4, 0.5) is 25.8 Å². The lowest BCUT2D eigenvalue weighted by molar-refractivity contribution is 0.102. The van der Waals surface area contributed by atoms with Crippen LogP contribution in [0, 0.1) is 18.6 Å². The molecule has 0 fully saturated rings. The third-order valence-corrected chi connectivity index (χ3v) is 4.19. The highest BCUT2D eigenvalue weighted by atomic mass is 19.2. The Morgan fingerprint density at radius 3 is 2.59 bits per heavy atom. The van der Waals surface area contributed by atoms with Gasteiger partial charge in [-0.05, 0) is 42.7 Å². The molecule has 0 aliphatic heterocycles. The molecule has 1 aromatic heterocycles. The third-order valence-electron chi connectivity index (χ3n) is 4.19. The van der Waals surface area contributed by atoms with E-state index in [1.807, 2.05) is 32.0 Å². The van der Waals surface area contributed by atoms with Gasteiger partial charge in [-0.1, -0.05) is 25.1 Å². The highest BCUT2D eigenvalue weighted by Gasteiger charge is 2.12. The predicted molar refractivity (Wildman–Crippen MR) is 102 cm³/mol. The minimum Gasteiger partial charge on any atom is -0.354 e. The monoisotopic (exact) mass is 367 g/mol. The van der Waals surface area contributed by atoms with Gasteiger partial charge in [0.05, 0.1) is 17.4 Å². The van der Waals surface area contributed by atoms with E-state index in [0.29, 0.717) is 16.9 Å². The summed E-state index contributed by atoms with van der Waals surface area (Å²) in [6, 6.07) is 11.0. The summed E-state index contributed by atoms with van der Waals surface area (Å²) in [6.07, 6.45) is 3.76. The molecule has 3 rings (SSSR count). The van der Waals surface area contributed by atoms with Gasteiger partial charge in [-0.3, -0.25) is 9.78 Å². The minimum absolute atomic E-state index is 0.291. The Bertz CT molecular complexity index is 989. The second-order valence-electron chi connectivity index (χ2n) is 6.13. The van der Waals surface area contributed by atoms with Crippen molar-refractivity contribution in [3.8, 4) is 0 Å². The first-order chi connectivity index (χ1) is 13.0. The molecule has 2 aromatic carbocycles. The average Bonchev–Trinajstić information content (AvgIpc) is 2.66. The molecular formula is C21H19F2N3O. The Labute approximate surface area is 156 Å². The van der Waals surface area contributed by atoms with Gasteiger partial charge in [0, 0.05) is 23.6 Å². The van der Waals surface area contributed by atoms with Crippen molar-refractivity contribution in [3.63, 3.8) is 0 Å².